The Kier molecular flexibility index (Phi) is 3.06. The van der Waals surface area contributed by atoms with Gasteiger partial charge in [-0.3, -0.25) is 4.79 Å². The maximum absolute atomic E-state index is 12.7. The monoisotopic (exact) mass is 294 g/mol. The molecule has 2 aromatic heterocycles. The molecule has 0 unspecified atom stereocenters. The summed E-state index contributed by atoms with van der Waals surface area (Å²) < 4.78 is 1.44. The van der Waals surface area contributed by atoms with E-state index in [4.69, 9.17) is 0 Å². The smallest absolute Gasteiger partial charge is 0.282 e. The summed E-state index contributed by atoms with van der Waals surface area (Å²) in [5.41, 5.74) is 2.28. The van der Waals surface area contributed by atoms with Gasteiger partial charge in [-0.2, -0.15) is 4.52 Å². The van der Waals surface area contributed by atoms with Gasteiger partial charge in [0.2, 0.25) is 0 Å². The van der Waals surface area contributed by atoms with Gasteiger partial charge in [0, 0.05) is 13.1 Å². The highest BCUT2D eigenvalue weighted by atomic mass is 16.1. The molecule has 3 aromatic rings. The van der Waals surface area contributed by atoms with Gasteiger partial charge in [-0.25, -0.2) is 4.98 Å². The minimum absolute atomic E-state index is 0.0949. The normalized spacial score (nSPS) is 15.6. The van der Waals surface area contributed by atoms with E-state index in [0.29, 0.717) is 11.0 Å². The number of fused-ring (bicyclic) bond motifs is 2. The summed E-state index contributed by atoms with van der Waals surface area (Å²) in [5, 5.41) is 5.17. The maximum atomic E-state index is 12.7. The number of nitrogens with zero attached hydrogens (tertiary/aromatic N) is 4. The fourth-order valence-electron chi connectivity index (χ4n) is 3.09. The molecule has 0 amide bonds. The van der Waals surface area contributed by atoms with E-state index in [0.717, 1.165) is 30.0 Å². The van der Waals surface area contributed by atoms with Crippen molar-refractivity contribution >= 4 is 22.4 Å². The summed E-state index contributed by atoms with van der Waals surface area (Å²) in [4.78, 5) is 19.5. The van der Waals surface area contributed by atoms with Crippen molar-refractivity contribution in [3.05, 3.63) is 46.2 Å². The lowest BCUT2D eigenvalue weighted by molar-refractivity contribution is 0.569. The number of hydrogen-bond acceptors (Lipinski definition) is 4. The minimum Gasteiger partial charge on any atom is -0.355 e. The van der Waals surface area contributed by atoms with Crippen molar-refractivity contribution in [2.45, 2.75) is 26.2 Å². The first-order valence-electron chi connectivity index (χ1n) is 7.78. The Hall–Kier alpha value is -2.43. The molecule has 1 fully saturated rings. The molecule has 0 N–H and O–H groups in total. The van der Waals surface area contributed by atoms with Crippen LogP contribution in [0.4, 0.5) is 5.82 Å². The first-order chi connectivity index (χ1) is 10.7. The molecule has 1 aliphatic heterocycles. The van der Waals surface area contributed by atoms with Crippen LogP contribution in [-0.2, 0) is 0 Å². The van der Waals surface area contributed by atoms with E-state index < -0.39 is 0 Å². The standard InChI is InChI=1S/C17H18N4O/c1-12-5-6-14-13(11-12)17(22)21-15(18-14)7-8-16(19-21)20-9-3-2-4-10-20/h5-8,11H,2-4,9-10H2,1H3. The molecule has 22 heavy (non-hydrogen) atoms. The number of hydrogen-bond donors (Lipinski definition) is 0. The number of aromatic nitrogens is 3. The van der Waals surface area contributed by atoms with Crippen LogP contribution in [0.3, 0.4) is 0 Å². The van der Waals surface area contributed by atoms with E-state index in [1.165, 1.54) is 23.8 Å². The summed E-state index contributed by atoms with van der Waals surface area (Å²) in [5.74, 6) is 0.864. The number of anilines is 1. The number of aryl methyl sites for hydroxylation is 1. The van der Waals surface area contributed by atoms with Crippen LogP contribution in [0.1, 0.15) is 24.8 Å². The molecule has 4 rings (SSSR count). The maximum Gasteiger partial charge on any atom is 0.282 e. The SMILES string of the molecule is Cc1ccc2nc3ccc(N4CCCCC4)nn3c(=O)c2c1. The first kappa shape index (κ1) is 13.2. The molecule has 0 radical (unpaired) electrons. The summed E-state index contributed by atoms with van der Waals surface area (Å²) in [6, 6.07) is 9.60. The third-order valence-corrected chi connectivity index (χ3v) is 4.29. The fourth-order valence-corrected chi connectivity index (χ4v) is 3.09. The average molecular weight is 294 g/mol. The van der Waals surface area contributed by atoms with E-state index in [-0.39, 0.29) is 5.56 Å². The van der Waals surface area contributed by atoms with E-state index in [2.05, 4.69) is 15.0 Å². The second-order valence-corrected chi connectivity index (χ2v) is 5.95. The Morgan fingerprint density at radius 1 is 1.05 bits per heavy atom. The molecule has 5 heteroatoms. The van der Waals surface area contributed by atoms with Gasteiger partial charge in [-0.15, -0.1) is 5.10 Å². The molecule has 112 valence electrons. The van der Waals surface area contributed by atoms with Crippen LogP contribution in [-0.4, -0.2) is 27.7 Å². The van der Waals surface area contributed by atoms with Crippen LogP contribution in [0.2, 0.25) is 0 Å². The zero-order valence-corrected chi connectivity index (χ0v) is 12.6. The van der Waals surface area contributed by atoms with Gasteiger partial charge in [0.25, 0.3) is 5.56 Å². The van der Waals surface area contributed by atoms with Crippen LogP contribution in [0.25, 0.3) is 16.6 Å². The Labute approximate surface area is 128 Å². The van der Waals surface area contributed by atoms with Crippen LogP contribution < -0.4 is 10.5 Å². The van der Waals surface area contributed by atoms with E-state index in [1.807, 2.05) is 37.3 Å². The summed E-state index contributed by atoms with van der Waals surface area (Å²) in [6.07, 6.45) is 3.64. The van der Waals surface area contributed by atoms with Crippen LogP contribution in [0.15, 0.2) is 35.1 Å². The molecule has 1 aromatic carbocycles. The zero-order valence-electron chi connectivity index (χ0n) is 12.6. The predicted molar refractivity (Wildman–Crippen MR) is 87.6 cm³/mol. The number of rotatable bonds is 1. The topological polar surface area (TPSA) is 50.5 Å². The number of benzene rings is 1. The summed E-state index contributed by atoms with van der Waals surface area (Å²) in [7, 11) is 0. The van der Waals surface area contributed by atoms with Crippen molar-refractivity contribution in [1.82, 2.24) is 14.6 Å². The molecule has 1 saturated heterocycles. The highest BCUT2D eigenvalue weighted by Gasteiger charge is 2.14. The third-order valence-electron chi connectivity index (χ3n) is 4.29. The molecule has 0 saturated carbocycles. The zero-order chi connectivity index (χ0) is 15.1. The fraction of sp³-hybridized carbons (Fsp3) is 0.353. The van der Waals surface area contributed by atoms with Gasteiger partial charge in [-0.1, -0.05) is 11.6 Å². The molecule has 5 nitrogen and oxygen atoms in total. The van der Waals surface area contributed by atoms with Crippen molar-refractivity contribution in [3.8, 4) is 0 Å². The highest BCUT2D eigenvalue weighted by molar-refractivity contribution is 5.80. The Morgan fingerprint density at radius 2 is 1.86 bits per heavy atom. The van der Waals surface area contributed by atoms with E-state index >= 15 is 0 Å². The summed E-state index contributed by atoms with van der Waals surface area (Å²) in [6.45, 7) is 3.99. The van der Waals surface area contributed by atoms with Gasteiger partial charge in [-0.05, 0) is 50.5 Å². The van der Waals surface area contributed by atoms with Gasteiger partial charge in [0.1, 0.15) is 5.82 Å². The van der Waals surface area contributed by atoms with Gasteiger partial charge in [0.15, 0.2) is 5.65 Å². The van der Waals surface area contributed by atoms with Crippen molar-refractivity contribution in [3.63, 3.8) is 0 Å². The third kappa shape index (κ3) is 2.13. The Morgan fingerprint density at radius 3 is 2.68 bits per heavy atom. The Balaban J connectivity index is 1.92. The van der Waals surface area contributed by atoms with Crippen molar-refractivity contribution in [1.29, 1.82) is 0 Å². The molecule has 3 heterocycles. The van der Waals surface area contributed by atoms with Crippen molar-refractivity contribution < 1.29 is 0 Å². The van der Waals surface area contributed by atoms with E-state index in [9.17, 15) is 4.79 Å². The van der Waals surface area contributed by atoms with Crippen LogP contribution >= 0.6 is 0 Å². The lowest BCUT2D eigenvalue weighted by Crippen LogP contribution is -2.31. The van der Waals surface area contributed by atoms with Gasteiger partial charge in [0.05, 0.1) is 10.9 Å². The minimum atomic E-state index is -0.0949. The second kappa shape index (κ2) is 5.09. The first-order valence-corrected chi connectivity index (χ1v) is 7.78. The van der Waals surface area contributed by atoms with Crippen LogP contribution in [0, 0.1) is 6.92 Å². The second-order valence-electron chi connectivity index (χ2n) is 5.95. The average Bonchev–Trinajstić information content (AvgIpc) is 2.56. The van der Waals surface area contributed by atoms with Crippen molar-refractivity contribution in [2.24, 2.45) is 0 Å². The molecule has 0 spiro atoms. The van der Waals surface area contributed by atoms with Gasteiger partial charge < -0.3 is 4.90 Å². The summed E-state index contributed by atoms with van der Waals surface area (Å²) >= 11 is 0. The molecule has 0 atom stereocenters. The van der Waals surface area contributed by atoms with Crippen LogP contribution in [0.5, 0.6) is 0 Å². The quantitative estimate of drug-likeness (QED) is 0.647. The van der Waals surface area contributed by atoms with Gasteiger partial charge >= 0.3 is 0 Å². The number of piperidine rings is 1. The molecular weight excluding hydrogens is 276 g/mol. The lowest BCUT2D eigenvalue weighted by Gasteiger charge is -2.27. The predicted octanol–water partition coefficient (Wildman–Crippen LogP) is 2.54. The van der Waals surface area contributed by atoms with E-state index in [1.54, 1.807) is 0 Å². The van der Waals surface area contributed by atoms with Crippen molar-refractivity contribution in [2.75, 3.05) is 18.0 Å². The Bertz CT molecular complexity index is 910. The molecule has 1 aliphatic rings. The molecule has 0 bridgehead atoms. The lowest BCUT2D eigenvalue weighted by atomic mass is 10.1. The molecule has 0 aliphatic carbocycles. The molecular formula is C17H18N4O. The highest BCUT2D eigenvalue weighted by Crippen LogP contribution is 2.18. The largest absolute Gasteiger partial charge is 0.355 e.